The molecule has 0 saturated carbocycles. The molecule has 3 aromatic rings. The zero-order chi connectivity index (χ0) is 21.8. The van der Waals surface area contributed by atoms with Crippen LogP contribution in [0.25, 0.3) is 0 Å². The van der Waals surface area contributed by atoms with E-state index in [1.807, 2.05) is 30.5 Å². The van der Waals surface area contributed by atoms with E-state index in [-0.39, 0.29) is 16.8 Å². The summed E-state index contributed by atoms with van der Waals surface area (Å²) >= 11 is 1.59. The van der Waals surface area contributed by atoms with Crippen LogP contribution in [0.2, 0.25) is 0 Å². The topological polar surface area (TPSA) is 70.8 Å². The summed E-state index contributed by atoms with van der Waals surface area (Å²) in [4.78, 5) is 16.2. The van der Waals surface area contributed by atoms with Crippen molar-refractivity contribution in [2.24, 2.45) is 0 Å². The third-order valence-electron chi connectivity index (χ3n) is 5.59. The third kappa shape index (κ3) is 4.92. The summed E-state index contributed by atoms with van der Waals surface area (Å²) in [5, 5.41) is 1.98. The molecule has 1 atom stereocenters. The van der Waals surface area contributed by atoms with Crippen molar-refractivity contribution in [3.63, 3.8) is 0 Å². The van der Waals surface area contributed by atoms with Gasteiger partial charge in [-0.05, 0) is 67.6 Å². The Balaban J connectivity index is 1.55. The van der Waals surface area contributed by atoms with Gasteiger partial charge >= 0.3 is 0 Å². The van der Waals surface area contributed by atoms with Crippen molar-refractivity contribution >= 4 is 27.3 Å². The first-order chi connectivity index (χ1) is 14.9. The van der Waals surface area contributed by atoms with E-state index in [1.165, 1.54) is 0 Å². The molecular weight excluding hydrogens is 432 g/mol. The van der Waals surface area contributed by atoms with Crippen LogP contribution in [0.3, 0.4) is 0 Å². The van der Waals surface area contributed by atoms with Crippen LogP contribution in [0.1, 0.15) is 47.2 Å². The van der Waals surface area contributed by atoms with Crippen molar-refractivity contribution in [3.05, 3.63) is 76.4 Å². The summed E-state index contributed by atoms with van der Waals surface area (Å²) in [6, 6.07) is 13.9. The molecule has 0 aliphatic carbocycles. The molecule has 0 spiro atoms. The predicted molar refractivity (Wildman–Crippen MR) is 120 cm³/mol. The lowest BCUT2D eigenvalue weighted by Gasteiger charge is -2.32. The minimum Gasteiger partial charge on any atom is -0.467 e. The van der Waals surface area contributed by atoms with Crippen molar-refractivity contribution in [1.29, 1.82) is 0 Å². The number of amides is 1. The Bertz CT molecular complexity index is 1050. The van der Waals surface area contributed by atoms with Gasteiger partial charge in [0.05, 0.1) is 24.2 Å². The molecule has 8 heteroatoms. The van der Waals surface area contributed by atoms with Gasteiger partial charge in [0.1, 0.15) is 5.76 Å². The lowest BCUT2D eigenvalue weighted by Crippen LogP contribution is -2.41. The normalized spacial score (nSPS) is 17.5. The first-order valence-electron chi connectivity index (χ1n) is 10.4. The summed E-state index contributed by atoms with van der Waals surface area (Å²) in [6.45, 7) is 3.30. The fraction of sp³-hybridized carbons (Fsp3) is 0.348. The van der Waals surface area contributed by atoms with Crippen molar-refractivity contribution in [2.45, 2.75) is 50.2 Å². The van der Waals surface area contributed by atoms with E-state index in [4.69, 9.17) is 4.42 Å². The molecule has 1 fully saturated rings. The van der Waals surface area contributed by atoms with E-state index in [9.17, 15) is 13.2 Å². The number of sulfonamides is 1. The Morgan fingerprint density at radius 1 is 1.13 bits per heavy atom. The van der Waals surface area contributed by atoms with E-state index in [0.29, 0.717) is 31.0 Å². The molecule has 164 valence electrons. The highest BCUT2D eigenvalue weighted by molar-refractivity contribution is 7.89. The molecule has 1 aromatic carbocycles. The highest BCUT2D eigenvalue weighted by Crippen LogP contribution is 2.26. The second kappa shape index (κ2) is 9.38. The number of nitrogens with zero attached hydrogens (tertiary/aromatic N) is 2. The maximum atomic E-state index is 13.2. The number of carbonyl (C=O) groups is 1. The third-order valence-corrected chi connectivity index (χ3v) is 8.48. The summed E-state index contributed by atoms with van der Waals surface area (Å²) in [5.74, 6) is 0.531. The van der Waals surface area contributed by atoms with Gasteiger partial charge in [-0.3, -0.25) is 4.79 Å². The molecule has 2 aromatic heterocycles. The molecule has 6 nitrogen and oxygen atoms in total. The van der Waals surface area contributed by atoms with Crippen LogP contribution < -0.4 is 0 Å². The SMILES string of the molecule is CC1CCCCN1S(=O)(=O)c1ccc(C(=O)N(Cc2ccco2)Cc2cccs2)cc1. The monoisotopic (exact) mass is 458 g/mol. The van der Waals surface area contributed by atoms with E-state index in [0.717, 1.165) is 24.1 Å². The van der Waals surface area contributed by atoms with Gasteiger partial charge in [0.25, 0.3) is 5.91 Å². The van der Waals surface area contributed by atoms with Gasteiger partial charge in [-0.15, -0.1) is 11.3 Å². The van der Waals surface area contributed by atoms with Gasteiger partial charge in [-0.2, -0.15) is 4.31 Å². The second-order valence-electron chi connectivity index (χ2n) is 7.80. The summed E-state index contributed by atoms with van der Waals surface area (Å²) < 4.78 is 33.1. The van der Waals surface area contributed by atoms with E-state index in [1.54, 1.807) is 57.1 Å². The number of rotatable bonds is 7. The maximum absolute atomic E-state index is 13.2. The largest absolute Gasteiger partial charge is 0.467 e. The Morgan fingerprint density at radius 2 is 1.94 bits per heavy atom. The predicted octanol–water partition coefficient (Wildman–Crippen LogP) is 4.75. The fourth-order valence-corrected chi connectivity index (χ4v) is 6.32. The van der Waals surface area contributed by atoms with Crippen molar-refractivity contribution in [1.82, 2.24) is 9.21 Å². The number of thiophene rings is 1. The Labute approximate surface area is 187 Å². The van der Waals surface area contributed by atoms with Gasteiger partial charge in [0.2, 0.25) is 10.0 Å². The van der Waals surface area contributed by atoms with Gasteiger partial charge in [0, 0.05) is 23.0 Å². The van der Waals surface area contributed by atoms with Crippen LogP contribution in [0, 0.1) is 0 Å². The zero-order valence-corrected chi connectivity index (χ0v) is 19.1. The molecule has 1 unspecified atom stereocenters. The smallest absolute Gasteiger partial charge is 0.254 e. The summed E-state index contributed by atoms with van der Waals surface area (Å²) in [6.07, 6.45) is 4.39. The van der Waals surface area contributed by atoms with Crippen LogP contribution >= 0.6 is 11.3 Å². The first kappa shape index (κ1) is 21.8. The standard InChI is InChI=1S/C23H26N2O4S2/c1-18-6-2-3-13-25(18)31(27,28)22-11-9-19(10-12-22)23(26)24(16-20-7-4-14-29-20)17-21-8-5-15-30-21/h4-5,7-12,14-15,18H,2-3,6,13,16-17H2,1H3. The van der Waals surface area contributed by atoms with Crippen LogP contribution in [-0.2, 0) is 23.1 Å². The quantitative estimate of drug-likeness (QED) is 0.512. The molecule has 3 heterocycles. The lowest BCUT2D eigenvalue weighted by atomic mass is 10.1. The lowest BCUT2D eigenvalue weighted by molar-refractivity contribution is 0.0719. The Hall–Kier alpha value is -2.42. The molecule has 1 amide bonds. The molecule has 1 saturated heterocycles. The minimum absolute atomic E-state index is 0.00496. The number of hydrogen-bond acceptors (Lipinski definition) is 5. The van der Waals surface area contributed by atoms with Crippen LogP contribution in [0.4, 0.5) is 0 Å². The van der Waals surface area contributed by atoms with Crippen molar-refractivity contribution in [2.75, 3.05) is 6.54 Å². The average molecular weight is 459 g/mol. The Kier molecular flexibility index (Phi) is 6.60. The van der Waals surface area contributed by atoms with Gasteiger partial charge < -0.3 is 9.32 Å². The van der Waals surface area contributed by atoms with Crippen LogP contribution in [0.5, 0.6) is 0 Å². The number of hydrogen-bond donors (Lipinski definition) is 0. The average Bonchev–Trinajstić information content (AvgIpc) is 3.47. The zero-order valence-electron chi connectivity index (χ0n) is 17.4. The van der Waals surface area contributed by atoms with Crippen molar-refractivity contribution in [3.8, 4) is 0 Å². The molecule has 31 heavy (non-hydrogen) atoms. The van der Waals surface area contributed by atoms with Gasteiger partial charge in [-0.25, -0.2) is 8.42 Å². The highest BCUT2D eigenvalue weighted by Gasteiger charge is 2.31. The van der Waals surface area contributed by atoms with E-state index in [2.05, 4.69) is 0 Å². The van der Waals surface area contributed by atoms with Crippen LogP contribution in [0.15, 0.2) is 69.5 Å². The fourth-order valence-electron chi connectivity index (χ4n) is 3.90. The highest BCUT2D eigenvalue weighted by atomic mass is 32.2. The number of carbonyl (C=O) groups excluding carboxylic acids is 1. The molecule has 0 bridgehead atoms. The Morgan fingerprint density at radius 3 is 2.58 bits per heavy atom. The van der Waals surface area contributed by atoms with Crippen molar-refractivity contribution < 1.29 is 17.6 Å². The summed E-state index contributed by atoms with van der Waals surface area (Å²) in [5.41, 5.74) is 0.453. The van der Waals surface area contributed by atoms with Crippen LogP contribution in [-0.4, -0.2) is 36.1 Å². The van der Waals surface area contributed by atoms with Gasteiger partial charge in [-0.1, -0.05) is 12.5 Å². The minimum atomic E-state index is -3.56. The molecule has 1 aliphatic heterocycles. The maximum Gasteiger partial charge on any atom is 0.254 e. The van der Waals surface area contributed by atoms with E-state index >= 15 is 0 Å². The number of benzene rings is 1. The molecule has 1 aliphatic rings. The first-order valence-corrected chi connectivity index (χ1v) is 12.7. The number of furan rings is 1. The molecule has 4 rings (SSSR count). The van der Waals surface area contributed by atoms with Gasteiger partial charge in [0.15, 0.2) is 0 Å². The number of piperidine rings is 1. The van der Waals surface area contributed by atoms with E-state index < -0.39 is 10.0 Å². The molecule has 0 radical (unpaired) electrons. The summed E-state index contributed by atoms with van der Waals surface area (Å²) in [7, 11) is -3.56. The molecular formula is C23H26N2O4S2. The second-order valence-corrected chi connectivity index (χ2v) is 10.7. The molecule has 0 N–H and O–H groups in total.